The summed E-state index contributed by atoms with van der Waals surface area (Å²) in [6.45, 7) is 6.30. The van der Waals surface area contributed by atoms with Gasteiger partial charge in [0.05, 0.1) is 11.5 Å². The Kier molecular flexibility index (Phi) is 3.66. The molecule has 0 fully saturated rings. The van der Waals surface area contributed by atoms with Gasteiger partial charge in [-0.1, -0.05) is 12.2 Å². The van der Waals surface area contributed by atoms with Crippen molar-refractivity contribution in [1.82, 2.24) is 0 Å². The molecule has 0 bridgehead atoms. The Morgan fingerprint density at radius 1 is 0.833 bits per heavy atom. The van der Waals surface area contributed by atoms with E-state index in [-0.39, 0.29) is 0 Å². The predicted molar refractivity (Wildman–Crippen MR) is 48.0 cm³/mol. The van der Waals surface area contributed by atoms with Crippen LogP contribution in [0, 0.1) is 0 Å². The fourth-order valence-electron chi connectivity index (χ4n) is 0.496. The maximum absolute atomic E-state index is 10.9. The molecule has 0 saturated heterocycles. The fourth-order valence-corrected chi connectivity index (χ4v) is 3.31. The highest BCUT2D eigenvalue weighted by atomic mass is 33.2. The van der Waals surface area contributed by atoms with Crippen LogP contribution >= 0.6 is 0 Å². The predicted octanol–water partition coefficient (Wildman–Crippen LogP) is 0.103. The minimum atomic E-state index is -4.09. The first-order chi connectivity index (χ1) is 5.37. The molecule has 0 N–H and O–H groups in total. The molecule has 0 radical (unpaired) electrons. The van der Waals surface area contributed by atoms with Crippen LogP contribution in [0.4, 0.5) is 0 Å². The normalized spacial score (nSPS) is 12.3. The van der Waals surface area contributed by atoms with E-state index in [1.54, 1.807) is 0 Å². The van der Waals surface area contributed by atoms with Crippen LogP contribution in [0.1, 0.15) is 0 Å². The second-order valence-electron chi connectivity index (χ2n) is 2.03. The Morgan fingerprint density at radius 2 is 1.08 bits per heavy atom. The summed E-state index contributed by atoms with van der Waals surface area (Å²) in [6.07, 6.45) is 2.08. The zero-order chi connectivity index (χ0) is 9.83. The van der Waals surface area contributed by atoms with Gasteiger partial charge >= 0.3 is 0 Å². The highest BCUT2D eigenvalue weighted by Gasteiger charge is 2.26. The summed E-state index contributed by atoms with van der Waals surface area (Å²) in [7, 11) is -8.18. The SMILES string of the molecule is C=CCS(=O)(=O)S(=O)(=O)CC=C. The first kappa shape index (κ1) is 11.4. The summed E-state index contributed by atoms with van der Waals surface area (Å²) < 4.78 is 43.7. The molecule has 0 heterocycles. The lowest BCUT2D eigenvalue weighted by Crippen LogP contribution is -2.19. The summed E-state index contributed by atoms with van der Waals surface area (Å²) in [5.41, 5.74) is 0. The van der Waals surface area contributed by atoms with Crippen molar-refractivity contribution in [3.63, 3.8) is 0 Å². The van der Waals surface area contributed by atoms with Crippen LogP contribution in [-0.2, 0) is 17.7 Å². The van der Waals surface area contributed by atoms with Gasteiger partial charge in [-0.25, -0.2) is 16.8 Å². The van der Waals surface area contributed by atoms with E-state index in [1.807, 2.05) is 0 Å². The Labute approximate surface area is 71.8 Å². The highest BCUT2D eigenvalue weighted by Crippen LogP contribution is 2.04. The molecule has 6 heteroatoms. The molecular formula is C6H10O4S2. The van der Waals surface area contributed by atoms with Gasteiger partial charge in [-0.3, -0.25) is 0 Å². The van der Waals surface area contributed by atoms with Crippen LogP contribution in [0.25, 0.3) is 0 Å². The first-order valence-corrected chi connectivity index (χ1v) is 6.87. The molecule has 0 atom stereocenters. The molecular weight excluding hydrogens is 200 g/mol. The zero-order valence-electron chi connectivity index (χ0n) is 6.43. The van der Waals surface area contributed by atoms with Gasteiger partial charge in [0.2, 0.25) is 0 Å². The standard InChI is InChI=1S/C6H10O4S2/c1-3-5-11(7,8)12(9,10)6-4-2/h3-4H,1-2,5-6H2. The third-order valence-electron chi connectivity index (χ3n) is 1.03. The molecule has 0 aliphatic rings. The van der Waals surface area contributed by atoms with Crippen LogP contribution < -0.4 is 0 Å². The first-order valence-electron chi connectivity index (χ1n) is 3.04. The smallest absolute Gasteiger partial charge is 0.212 e. The second-order valence-corrected chi connectivity index (χ2v) is 7.97. The van der Waals surface area contributed by atoms with Crippen LogP contribution in [0.3, 0.4) is 0 Å². The minimum Gasteiger partial charge on any atom is -0.212 e. The Bertz CT molecular complexity index is 322. The summed E-state index contributed by atoms with van der Waals surface area (Å²) in [5.74, 6) is -1.10. The maximum atomic E-state index is 10.9. The molecule has 0 spiro atoms. The van der Waals surface area contributed by atoms with Crippen LogP contribution in [0.5, 0.6) is 0 Å². The van der Waals surface area contributed by atoms with Gasteiger partial charge in [-0.05, 0) is 0 Å². The average molecular weight is 210 g/mol. The number of hydrogen-bond donors (Lipinski definition) is 0. The average Bonchev–Trinajstić information content (AvgIpc) is 1.86. The molecule has 0 unspecified atom stereocenters. The molecule has 0 aliphatic carbocycles. The molecule has 4 nitrogen and oxygen atoms in total. The number of hydrogen-bond acceptors (Lipinski definition) is 4. The van der Waals surface area contributed by atoms with Crippen LogP contribution in [0.2, 0.25) is 0 Å². The maximum Gasteiger partial charge on any atom is 0.257 e. The van der Waals surface area contributed by atoms with E-state index in [1.165, 1.54) is 0 Å². The quantitative estimate of drug-likeness (QED) is 0.477. The Morgan fingerprint density at radius 3 is 1.25 bits per heavy atom. The van der Waals surface area contributed by atoms with Crippen molar-refractivity contribution in [2.45, 2.75) is 0 Å². The van der Waals surface area contributed by atoms with Gasteiger partial charge < -0.3 is 0 Å². The van der Waals surface area contributed by atoms with Gasteiger partial charge in [0, 0.05) is 0 Å². The van der Waals surface area contributed by atoms with Crippen molar-refractivity contribution in [2.75, 3.05) is 11.5 Å². The lowest BCUT2D eigenvalue weighted by molar-refractivity contribution is 0.586. The molecule has 0 aliphatic heterocycles. The Balaban J connectivity index is 5.04. The monoisotopic (exact) mass is 210 g/mol. The number of rotatable bonds is 5. The Hall–Kier alpha value is -0.620. The minimum absolute atomic E-state index is 0.552. The summed E-state index contributed by atoms with van der Waals surface area (Å²) >= 11 is 0. The lowest BCUT2D eigenvalue weighted by Gasteiger charge is -1.99. The summed E-state index contributed by atoms with van der Waals surface area (Å²) in [5, 5.41) is 0. The van der Waals surface area contributed by atoms with Crippen molar-refractivity contribution in [3.05, 3.63) is 25.3 Å². The summed E-state index contributed by atoms with van der Waals surface area (Å²) in [6, 6.07) is 0. The summed E-state index contributed by atoms with van der Waals surface area (Å²) in [4.78, 5) is 0. The topological polar surface area (TPSA) is 68.3 Å². The van der Waals surface area contributed by atoms with E-state index in [0.717, 1.165) is 12.2 Å². The van der Waals surface area contributed by atoms with Gasteiger partial charge in [0.25, 0.3) is 17.7 Å². The van der Waals surface area contributed by atoms with E-state index in [0.29, 0.717) is 0 Å². The van der Waals surface area contributed by atoms with Crippen molar-refractivity contribution in [2.24, 2.45) is 0 Å². The molecule has 0 saturated carbocycles. The van der Waals surface area contributed by atoms with Gasteiger partial charge in [-0.15, -0.1) is 13.2 Å². The lowest BCUT2D eigenvalue weighted by atomic mass is 10.8. The van der Waals surface area contributed by atoms with Gasteiger partial charge in [0.1, 0.15) is 0 Å². The van der Waals surface area contributed by atoms with Crippen molar-refractivity contribution < 1.29 is 16.8 Å². The molecule has 70 valence electrons. The van der Waals surface area contributed by atoms with E-state index >= 15 is 0 Å². The third-order valence-corrected chi connectivity index (χ3v) is 6.23. The van der Waals surface area contributed by atoms with Crippen molar-refractivity contribution >= 4 is 17.7 Å². The van der Waals surface area contributed by atoms with Crippen LogP contribution in [-0.4, -0.2) is 28.3 Å². The highest BCUT2D eigenvalue weighted by molar-refractivity contribution is 8.67. The van der Waals surface area contributed by atoms with Crippen molar-refractivity contribution in [3.8, 4) is 0 Å². The van der Waals surface area contributed by atoms with E-state index in [9.17, 15) is 16.8 Å². The molecule has 12 heavy (non-hydrogen) atoms. The molecule has 0 aromatic heterocycles. The third kappa shape index (κ3) is 2.46. The molecule has 0 rings (SSSR count). The zero-order valence-corrected chi connectivity index (χ0v) is 8.07. The van der Waals surface area contributed by atoms with E-state index < -0.39 is 29.2 Å². The largest absolute Gasteiger partial charge is 0.257 e. The molecule has 0 aromatic rings. The molecule has 0 amide bonds. The van der Waals surface area contributed by atoms with Crippen LogP contribution in [0.15, 0.2) is 25.3 Å². The second kappa shape index (κ2) is 3.86. The van der Waals surface area contributed by atoms with Crippen molar-refractivity contribution in [1.29, 1.82) is 0 Å². The van der Waals surface area contributed by atoms with E-state index in [4.69, 9.17) is 0 Å². The van der Waals surface area contributed by atoms with Gasteiger partial charge in [0.15, 0.2) is 0 Å². The van der Waals surface area contributed by atoms with Gasteiger partial charge in [-0.2, -0.15) is 0 Å². The molecule has 0 aromatic carbocycles. The fraction of sp³-hybridized carbons (Fsp3) is 0.333. The van der Waals surface area contributed by atoms with E-state index in [2.05, 4.69) is 13.2 Å².